The lowest BCUT2D eigenvalue weighted by molar-refractivity contribution is -0.121. The third-order valence-corrected chi connectivity index (χ3v) is 4.81. The number of hydrogen-bond acceptors (Lipinski definition) is 5. The Morgan fingerprint density at radius 3 is 2.59 bits per heavy atom. The lowest BCUT2D eigenvalue weighted by Gasteiger charge is -2.37. The van der Waals surface area contributed by atoms with Crippen LogP contribution in [0.5, 0.6) is 0 Å². The van der Waals surface area contributed by atoms with E-state index < -0.39 is 11.9 Å². The number of carbonyl (C=O) groups is 2. The minimum atomic E-state index is -0.463. The molecule has 1 unspecified atom stereocenters. The van der Waals surface area contributed by atoms with Crippen LogP contribution in [0, 0.1) is 5.82 Å². The third kappa shape index (κ3) is 4.58. The molecule has 1 aromatic heterocycles. The summed E-state index contributed by atoms with van der Waals surface area (Å²) in [5, 5.41) is 2.86. The molecular weight excluding hydrogens is 373 g/mol. The second kappa shape index (κ2) is 8.41. The molecule has 1 fully saturated rings. The average molecular weight is 392 g/mol. The number of anilines is 1. The molecule has 0 saturated carbocycles. The van der Waals surface area contributed by atoms with Gasteiger partial charge < -0.3 is 10.2 Å². The summed E-state index contributed by atoms with van der Waals surface area (Å²) < 4.78 is 13.1. The van der Waals surface area contributed by atoms with Gasteiger partial charge in [0.15, 0.2) is 0 Å². The van der Waals surface area contributed by atoms with E-state index in [1.807, 2.05) is 4.90 Å². The molecular formula is C18H19ClFN5O2. The van der Waals surface area contributed by atoms with Gasteiger partial charge in [-0.05, 0) is 25.1 Å². The van der Waals surface area contributed by atoms with Gasteiger partial charge in [0.05, 0.1) is 22.9 Å². The highest BCUT2D eigenvalue weighted by Crippen LogP contribution is 2.23. The molecule has 1 aliphatic heterocycles. The van der Waals surface area contributed by atoms with Gasteiger partial charge in [0, 0.05) is 38.6 Å². The molecule has 27 heavy (non-hydrogen) atoms. The predicted molar refractivity (Wildman–Crippen MR) is 99.0 cm³/mol. The maximum Gasteiger partial charge on any atom is 0.274 e. The van der Waals surface area contributed by atoms with Crippen LogP contribution in [0.4, 0.5) is 10.1 Å². The van der Waals surface area contributed by atoms with Crippen LogP contribution in [0.2, 0.25) is 5.02 Å². The second-order valence-corrected chi connectivity index (χ2v) is 6.62. The summed E-state index contributed by atoms with van der Waals surface area (Å²) in [5.41, 5.74) is 0.675. The quantitative estimate of drug-likeness (QED) is 0.863. The number of aromatic nitrogens is 2. The van der Waals surface area contributed by atoms with Crippen molar-refractivity contribution in [3.63, 3.8) is 0 Å². The Morgan fingerprint density at radius 2 is 1.96 bits per heavy atom. The molecule has 0 radical (unpaired) electrons. The first-order chi connectivity index (χ1) is 13.0. The summed E-state index contributed by atoms with van der Waals surface area (Å²) in [6.07, 6.45) is 4.44. The fraction of sp³-hybridized carbons (Fsp3) is 0.333. The summed E-state index contributed by atoms with van der Waals surface area (Å²) in [5.74, 6) is -0.870. The highest BCUT2D eigenvalue weighted by atomic mass is 35.5. The van der Waals surface area contributed by atoms with Crippen molar-refractivity contribution in [2.45, 2.75) is 13.0 Å². The molecule has 7 nitrogen and oxygen atoms in total. The van der Waals surface area contributed by atoms with Crippen molar-refractivity contribution in [1.29, 1.82) is 0 Å². The zero-order valence-electron chi connectivity index (χ0n) is 14.7. The van der Waals surface area contributed by atoms with E-state index in [9.17, 15) is 14.0 Å². The highest BCUT2D eigenvalue weighted by molar-refractivity contribution is 6.33. The van der Waals surface area contributed by atoms with Crippen LogP contribution in [-0.4, -0.2) is 63.8 Å². The van der Waals surface area contributed by atoms with E-state index in [4.69, 9.17) is 11.6 Å². The molecule has 1 aromatic carbocycles. The molecule has 0 aliphatic carbocycles. The Balaban J connectivity index is 1.55. The number of nitrogens with zero attached hydrogens (tertiary/aromatic N) is 4. The molecule has 1 atom stereocenters. The van der Waals surface area contributed by atoms with E-state index in [1.165, 1.54) is 30.7 Å². The van der Waals surface area contributed by atoms with Gasteiger partial charge in [-0.25, -0.2) is 9.37 Å². The van der Waals surface area contributed by atoms with Gasteiger partial charge in [-0.1, -0.05) is 11.6 Å². The number of halogens is 2. The summed E-state index contributed by atoms with van der Waals surface area (Å²) in [7, 11) is 0. The number of amides is 2. The van der Waals surface area contributed by atoms with Crippen LogP contribution >= 0.6 is 11.6 Å². The SMILES string of the molecule is CC(C(=O)Nc1ccc(F)cc1Cl)N1CCN(C(=O)c2cnccn2)CC1. The molecule has 3 rings (SSSR count). The maximum atomic E-state index is 13.1. The van der Waals surface area contributed by atoms with E-state index in [-0.39, 0.29) is 16.8 Å². The first-order valence-corrected chi connectivity index (χ1v) is 8.89. The fourth-order valence-electron chi connectivity index (χ4n) is 2.88. The summed E-state index contributed by atoms with van der Waals surface area (Å²) in [6, 6.07) is 3.40. The zero-order chi connectivity index (χ0) is 19.4. The lowest BCUT2D eigenvalue weighted by Crippen LogP contribution is -2.54. The van der Waals surface area contributed by atoms with Crippen molar-refractivity contribution in [2.75, 3.05) is 31.5 Å². The monoisotopic (exact) mass is 391 g/mol. The number of rotatable bonds is 4. The number of benzene rings is 1. The zero-order valence-corrected chi connectivity index (χ0v) is 15.5. The van der Waals surface area contributed by atoms with Gasteiger partial charge in [-0.15, -0.1) is 0 Å². The van der Waals surface area contributed by atoms with Crippen LogP contribution in [-0.2, 0) is 4.79 Å². The minimum absolute atomic E-state index is 0.148. The van der Waals surface area contributed by atoms with Crippen molar-refractivity contribution in [3.8, 4) is 0 Å². The Bertz CT molecular complexity index is 828. The maximum absolute atomic E-state index is 13.1. The molecule has 9 heteroatoms. The van der Waals surface area contributed by atoms with Crippen molar-refractivity contribution in [3.05, 3.63) is 53.3 Å². The molecule has 2 amide bonds. The number of piperazine rings is 1. The number of nitrogens with one attached hydrogen (secondary N) is 1. The first-order valence-electron chi connectivity index (χ1n) is 8.51. The summed E-state index contributed by atoms with van der Waals surface area (Å²) in [6.45, 7) is 3.87. The van der Waals surface area contributed by atoms with Crippen LogP contribution in [0.3, 0.4) is 0 Å². The molecule has 0 spiro atoms. The van der Waals surface area contributed by atoms with Gasteiger partial charge in [-0.2, -0.15) is 0 Å². The normalized spacial score (nSPS) is 16.0. The van der Waals surface area contributed by atoms with Crippen molar-refractivity contribution in [1.82, 2.24) is 19.8 Å². The summed E-state index contributed by atoms with van der Waals surface area (Å²) >= 11 is 5.95. The minimum Gasteiger partial charge on any atom is -0.335 e. The van der Waals surface area contributed by atoms with Gasteiger partial charge in [0.25, 0.3) is 5.91 Å². The number of hydrogen-bond donors (Lipinski definition) is 1. The van der Waals surface area contributed by atoms with Crippen LogP contribution in [0.15, 0.2) is 36.8 Å². The number of carbonyl (C=O) groups excluding carboxylic acids is 2. The van der Waals surface area contributed by atoms with Crippen LogP contribution < -0.4 is 5.32 Å². The highest BCUT2D eigenvalue weighted by Gasteiger charge is 2.28. The topological polar surface area (TPSA) is 78.4 Å². The van der Waals surface area contributed by atoms with Crippen molar-refractivity contribution in [2.24, 2.45) is 0 Å². The van der Waals surface area contributed by atoms with E-state index in [0.717, 1.165) is 6.07 Å². The standard InChI is InChI=1S/C18H19ClFN5O2/c1-12(17(26)23-15-3-2-13(20)10-14(15)19)24-6-8-25(9-7-24)18(27)16-11-21-4-5-22-16/h2-5,10-12H,6-9H2,1H3,(H,23,26). The molecule has 0 bridgehead atoms. The largest absolute Gasteiger partial charge is 0.335 e. The predicted octanol–water partition coefficient (Wildman–Crippen LogP) is 2.05. The molecule has 2 aromatic rings. The van der Waals surface area contributed by atoms with Gasteiger partial charge in [0.1, 0.15) is 11.5 Å². The Hall–Kier alpha value is -2.58. The Kier molecular flexibility index (Phi) is 5.98. The Morgan fingerprint density at radius 1 is 1.22 bits per heavy atom. The first kappa shape index (κ1) is 19.2. The molecule has 1 aliphatic rings. The van der Waals surface area contributed by atoms with Gasteiger partial charge in [-0.3, -0.25) is 19.5 Å². The Labute approximate surface area is 161 Å². The fourth-order valence-corrected chi connectivity index (χ4v) is 3.09. The van der Waals surface area contributed by atoms with Crippen molar-refractivity contribution >= 4 is 29.1 Å². The molecule has 1 N–H and O–H groups in total. The van der Waals surface area contributed by atoms with Crippen LogP contribution in [0.25, 0.3) is 0 Å². The lowest BCUT2D eigenvalue weighted by atomic mass is 10.2. The molecule has 1 saturated heterocycles. The summed E-state index contributed by atoms with van der Waals surface area (Å²) in [4.78, 5) is 36.5. The molecule has 142 valence electrons. The van der Waals surface area contributed by atoms with E-state index in [0.29, 0.717) is 37.6 Å². The third-order valence-electron chi connectivity index (χ3n) is 4.50. The van der Waals surface area contributed by atoms with E-state index in [2.05, 4.69) is 15.3 Å². The van der Waals surface area contributed by atoms with E-state index in [1.54, 1.807) is 11.8 Å². The smallest absolute Gasteiger partial charge is 0.274 e. The average Bonchev–Trinajstić information content (AvgIpc) is 2.69. The van der Waals surface area contributed by atoms with Gasteiger partial charge in [0.2, 0.25) is 5.91 Å². The molecule has 2 heterocycles. The van der Waals surface area contributed by atoms with Crippen LogP contribution in [0.1, 0.15) is 17.4 Å². The van der Waals surface area contributed by atoms with Gasteiger partial charge >= 0.3 is 0 Å². The van der Waals surface area contributed by atoms with Crippen molar-refractivity contribution < 1.29 is 14.0 Å². The van der Waals surface area contributed by atoms with E-state index >= 15 is 0 Å². The second-order valence-electron chi connectivity index (χ2n) is 6.21.